The van der Waals surface area contributed by atoms with Gasteiger partial charge in [-0.3, -0.25) is 4.79 Å². The fourth-order valence-corrected chi connectivity index (χ4v) is 1.54. The van der Waals surface area contributed by atoms with Gasteiger partial charge in [0.1, 0.15) is 12.4 Å². The fraction of sp³-hybridized carbons (Fsp3) is 0.300. The van der Waals surface area contributed by atoms with Crippen LogP contribution < -0.4 is 10.1 Å². The van der Waals surface area contributed by atoms with Gasteiger partial charge in [0.05, 0.1) is 3.57 Å². The minimum atomic E-state index is -2.53. The van der Waals surface area contributed by atoms with E-state index in [-0.39, 0.29) is 5.91 Å². The van der Waals surface area contributed by atoms with E-state index in [0.717, 1.165) is 0 Å². The molecule has 1 amide bonds. The lowest BCUT2D eigenvalue weighted by Gasteiger charge is -2.09. The Hall–Kier alpha value is -0.920. The van der Waals surface area contributed by atoms with Crippen LogP contribution in [-0.4, -0.2) is 26.0 Å². The highest BCUT2D eigenvalue weighted by molar-refractivity contribution is 14.1. The molecule has 0 saturated heterocycles. The van der Waals surface area contributed by atoms with Crippen molar-refractivity contribution >= 4 is 28.5 Å². The van der Waals surface area contributed by atoms with Crippen LogP contribution in [0.5, 0.6) is 5.75 Å². The first-order valence-electron chi connectivity index (χ1n) is 4.47. The Kier molecular flexibility index (Phi) is 4.91. The summed E-state index contributed by atoms with van der Waals surface area (Å²) >= 11 is 1.96. The summed E-state index contributed by atoms with van der Waals surface area (Å²) in [6.45, 7) is -0.673. The summed E-state index contributed by atoms with van der Waals surface area (Å²) < 4.78 is 29.5. The molecular formula is C10H10F2INO2. The molecule has 0 spiro atoms. The first kappa shape index (κ1) is 13.1. The van der Waals surface area contributed by atoms with Gasteiger partial charge in [-0.25, -0.2) is 8.78 Å². The summed E-state index contributed by atoms with van der Waals surface area (Å²) in [5, 5.41) is 2.45. The molecule has 0 bridgehead atoms. The van der Waals surface area contributed by atoms with Gasteiger partial charge in [0.25, 0.3) is 12.3 Å². The number of hydrogen-bond acceptors (Lipinski definition) is 2. The molecule has 0 fully saturated rings. The number of halogens is 3. The van der Waals surface area contributed by atoms with Gasteiger partial charge in [-0.15, -0.1) is 0 Å². The van der Waals surface area contributed by atoms with Crippen molar-refractivity contribution in [2.45, 2.75) is 6.43 Å². The van der Waals surface area contributed by atoms with Crippen molar-refractivity contribution in [2.75, 3.05) is 13.7 Å². The third kappa shape index (κ3) is 3.58. The van der Waals surface area contributed by atoms with Gasteiger partial charge < -0.3 is 10.1 Å². The van der Waals surface area contributed by atoms with Crippen molar-refractivity contribution in [3.63, 3.8) is 0 Å². The average molecular weight is 341 g/mol. The minimum Gasteiger partial charge on any atom is -0.487 e. The Balaban J connectivity index is 2.86. The zero-order chi connectivity index (χ0) is 12.1. The van der Waals surface area contributed by atoms with Crippen LogP contribution in [-0.2, 0) is 0 Å². The van der Waals surface area contributed by atoms with E-state index in [2.05, 4.69) is 5.32 Å². The van der Waals surface area contributed by atoms with Gasteiger partial charge in [0, 0.05) is 12.6 Å². The monoisotopic (exact) mass is 341 g/mol. The standard InChI is InChI=1S/C10H10F2INO2/c1-14-10(15)6-2-3-7(13)8(4-6)16-5-9(11)12/h2-4,9H,5H2,1H3,(H,14,15). The van der Waals surface area contributed by atoms with E-state index in [0.29, 0.717) is 14.9 Å². The van der Waals surface area contributed by atoms with Crippen LogP contribution in [0, 0.1) is 3.57 Å². The van der Waals surface area contributed by atoms with Gasteiger partial charge in [0.2, 0.25) is 0 Å². The zero-order valence-electron chi connectivity index (χ0n) is 8.47. The molecule has 1 aromatic carbocycles. The van der Waals surface area contributed by atoms with Crippen molar-refractivity contribution in [1.82, 2.24) is 5.32 Å². The number of carbonyl (C=O) groups is 1. The van der Waals surface area contributed by atoms with E-state index in [1.807, 2.05) is 22.6 Å². The molecule has 0 aliphatic heterocycles. The van der Waals surface area contributed by atoms with Crippen molar-refractivity contribution in [3.05, 3.63) is 27.3 Å². The SMILES string of the molecule is CNC(=O)c1ccc(I)c(OCC(F)F)c1. The van der Waals surface area contributed by atoms with Gasteiger partial charge in [-0.2, -0.15) is 0 Å². The molecule has 1 aromatic rings. The maximum atomic E-state index is 12.0. The lowest BCUT2D eigenvalue weighted by molar-refractivity contribution is 0.0814. The summed E-state index contributed by atoms with van der Waals surface area (Å²) in [5.74, 6) is 0.0142. The first-order valence-corrected chi connectivity index (χ1v) is 5.55. The first-order chi connectivity index (χ1) is 7.54. The lowest BCUT2D eigenvalue weighted by atomic mass is 10.2. The molecule has 0 aliphatic rings. The van der Waals surface area contributed by atoms with E-state index in [1.165, 1.54) is 13.1 Å². The molecule has 0 unspecified atom stereocenters. The Labute approximate surface area is 105 Å². The highest BCUT2D eigenvalue weighted by Crippen LogP contribution is 2.22. The second-order valence-electron chi connectivity index (χ2n) is 2.93. The minimum absolute atomic E-state index is 0.279. The fourth-order valence-electron chi connectivity index (χ4n) is 1.05. The molecule has 0 aliphatic carbocycles. The molecular weight excluding hydrogens is 331 g/mol. The number of hydrogen-bond donors (Lipinski definition) is 1. The molecule has 3 nitrogen and oxygen atoms in total. The number of alkyl halides is 2. The molecule has 0 atom stereocenters. The summed E-state index contributed by atoms with van der Waals surface area (Å²) in [4.78, 5) is 11.3. The van der Waals surface area contributed by atoms with Crippen LogP contribution in [0.1, 0.15) is 10.4 Å². The summed E-state index contributed by atoms with van der Waals surface area (Å²) in [5.41, 5.74) is 0.382. The van der Waals surface area contributed by atoms with Crippen molar-refractivity contribution in [3.8, 4) is 5.75 Å². The van der Waals surface area contributed by atoms with E-state index in [4.69, 9.17) is 4.74 Å². The van der Waals surface area contributed by atoms with E-state index in [9.17, 15) is 13.6 Å². The van der Waals surface area contributed by atoms with Crippen molar-refractivity contribution in [1.29, 1.82) is 0 Å². The average Bonchev–Trinajstić information content (AvgIpc) is 2.26. The lowest BCUT2D eigenvalue weighted by Crippen LogP contribution is -2.18. The Morgan fingerprint density at radius 2 is 2.25 bits per heavy atom. The normalized spacial score (nSPS) is 10.3. The molecule has 6 heteroatoms. The summed E-state index contributed by atoms with van der Waals surface area (Å²) in [6.07, 6.45) is -2.53. The Bertz CT molecular complexity index is 385. The van der Waals surface area contributed by atoms with Crippen LogP contribution in [0.15, 0.2) is 18.2 Å². The third-order valence-corrected chi connectivity index (χ3v) is 2.68. The number of amides is 1. The molecule has 16 heavy (non-hydrogen) atoms. The zero-order valence-corrected chi connectivity index (χ0v) is 10.6. The van der Waals surface area contributed by atoms with Crippen LogP contribution in [0.4, 0.5) is 8.78 Å². The number of rotatable bonds is 4. The number of nitrogens with one attached hydrogen (secondary N) is 1. The number of benzene rings is 1. The van der Waals surface area contributed by atoms with E-state index >= 15 is 0 Å². The van der Waals surface area contributed by atoms with Crippen LogP contribution in [0.2, 0.25) is 0 Å². The largest absolute Gasteiger partial charge is 0.487 e. The Morgan fingerprint density at radius 3 is 2.81 bits per heavy atom. The predicted octanol–water partition coefficient (Wildman–Crippen LogP) is 2.29. The molecule has 0 heterocycles. The van der Waals surface area contributed by atoms with Crippen LogP contribution in [0.25, 0.3) is 0 Å². The summed E-state index contributed by atoms with van der Waals surface area (Å²) in [7, 11) is 1.50. The second kappa shape index (κ2) is 5.97. The third-order valence-electron chi connectivity index (χ3n) is 1.79. The predicted molar refractivity (Wildman–Crippen MR) is 64.0 cm³/mol. The maximum Gasteiger partial charge on any atom is 0.272 e. The second-order valence-corrected chi connectivity index (χ2v) is 4.09. The molecule has 0 saturated carbocycles. The molecule has 1 rings (SSSR count). The van der Waals surface area contributed by atoms with Gasteiger partial charge in [-0.1, -0.05) is 0 Å². The number of carbonyl (C=O) groups excluding carboxylic acids is 1. The van der Waals surface area contributed by atoms with E-state index < -0.39 is 13.0 Å². The highest BCUT2D eigenvalue weighted by atomic mass is 127. The maximum absolute atomic E-state index is 12.0. The highest BCUT2D eigenvalue weighted by Gasteiger charge is 2.10. The van der Waals surface area contributed by atoms with Crippen LogP contribution in [0.3, 0.4) is 0 Å². The van der Waals surface area contributed by atoms with Crippen molar-refractivity contribution < 1.29 is 18.3 Å². The van der Waals surface area contributed by atoms with E-state index in [1.54, 1.807) is 12.1 Å². The van der Waals surface area contributed by atoms with Gasteiger partial charge >= 0.3 is 0 Å². The topological polar surface area (TPSA) is 38.3 Å². The molecule has 1 N–H and O–H groups in total. The smallest absolute Gasteiger partial charge is 0.272 e. The van der Waals surface area contributed by atoms with Gasteiger partial charge in [0.15, 0.2) is 0 Å². The molecule has 0 radical (unpaired) electrons. The van der Waals surface area contributed by atoms with Crippen molar-refractivity contribution in [2.24, 2.45) is 0 Å². The molecule has 0 aromatic heterocycles. The molecule has 88 valence electrons. The van der Waals surface area contributed by atoms with Gasteiger partial charge in [-0.05, 0) is 40.8 Å². The Morgan fingerprint density at radius 1 is 1.56 bits per heavy atom. The quantitative estimate of drug-likeness (QED) is 0.854. The van der Waals surface area contributed by atoms with Crippen LogP contribution >= 0.6 is 22.6 Å². The summed E-state index contributed by atoms with van der Waals surface area (Å²) in [6, 6.07) is 4.70. The number of ether oxygens (including phenoxy) is 1.